The highest BCUT2D eigenvalue weighted by Crippen LogP contribution is 2.23. The van der Waals surface area contributed by atoms with E-state index in [9.17, 15) is 9.59 Å². The summed E-state index contributed by atoms with van der Waals surface area (Å²) in [5, 5.41) is 3.69. The molecule has 5 nitrogen and oxygen atoms in total. The normalized spacial score (nSPS) is 10.7. The Labute approximate surface area is 151 Å². The van der Waals surface area contributed by atoms with Gasteiger partial charge in [-0.3, -0.25) is 4.79 Å². The van der Waals surface area contributed by atoms with Gasteiger partial charge < -0.3 is 14.5 Å². The molecule has 0 aliphatic carbocycles. The standard InChI is InChI=1S/C21H21NO4/c1-3-16-10-21(24)26-19-11-17(8-9-18(16)19)25-13-20(23)22-12-15-6-4-14(2)5-7-15/h4-11H,3,12-13H2,1-2H3,(H,22,23). The van der Waals surface area contributed by atoms with Crippen molar-refractivity contribution in [3.63, 3.8) is 0 Å². The molecular weight excluding hydrogens is 330 g/mol. The predicted molar refractivity (Wildman–Crippen MR) is 100 cm³/mol. The lowest BCUT2D eigenvalue weighted by atomic mass is 10.1. The second kappa shape index (κ2) is 7.87. The van der Waals surface area contributed by atoms with Crippen LogP contribution in [0.25, 0.3) is 11.0 Å². The van der Waals surface area contributed by atoms with E-state index in [2.05, 4.69) is 5.32 Å². The molecule has 1 aromatic heterocycles. The molecule has 0 radical (unpaired) electrons. The molecule has 0 aliphatic rings. The molecule has 0 unspecified atom stereocenters. The van der Waals surface area contributed by atoms with Crippen molar-refractivity contribution in [2.45, 2.75) is 26.8 Å². The van der Waals surface area contributed by atoms with Crippen LogP contribution in [0.4, 0.5) is 0 Å². The number of benzene rings is 2. The lowest BCUT2D eigenvalue weighted by Gasteiger charge is -2.09. The van der Waals surface area contributed by atoms with Gasteiger partial charge in [0.1, 0.15) is 11.3 Å². The van der Waals surface area contributed by atoms with Crippen LogP contribution in [0.3, 0.4) is 0 Å². The van der Waals surface area contributed by atoms with E-state index in [1.807, 2.05) is 44.2 Å². The Hall–Kier alpha value is -3.08. The van der Waals surface area contributed by atoms with Crippen LogP contribution in [0.15, 0.2) is 57.7 Å². The topological polar surface area (TPSA) is 68.5 Å². The first-order valence-corrected chi connectivity index (χ1v) is 8.57. The minimum Gasteiger partial charge on any atom is -0.484 e. The zero-order valence-electron chi connectivity index (χ0n) is 14.9. The molecule has 0 atom stereocenters. The quantitative estimate of drug-likeness (QED) is 0.692. The van der Waals surface area contributed by atoms with Gasteiger partial charge in [-0.15, -0.1) is 0 Å². The van der Waals surface area contributed by atoms with Crippen molar-refractivity contribution in [2.24, 2.45) is 0 Å². The number of amides is 1. The maximum absolute atomic E-state index is 12.0. The maximum Gasteiger partial charge on any atom is 0.336 e. The van der Waals surface area contributed by atoms with Crippen LogP contribution in [0, 0.1) is 6.92 Å². The Bertz CT molecular complexity index is 973. The lowest BCUT2D eigenvalue weighted by molar-refractivity contribution is -0.123. The zero-order valence-corrected chi connectivity index (χ0v) is 14.9. The molecule has 5 heteroatoms. The van der Waals surface area contributed by atoms with Crippen LogP contribution in [0.2, 0.25) is 0 Å². The van der Waals surface area contributed by atoms with E-state index in [0.29, 0.717) is 17.9 Å². The number of ether oxygens (including phenoxy) is 1. The van der Waals surface area contributed by atoms with E-state index in [-0.39, 0.29) is 18.1 Å². The molecule has 1 amide bonds. The molecule has 26 heavy (non-hydrogen) atoms. The van der Waals surface area contributed by atoms with Gasteiger partial charge in [-0.2, -0.15) is 0 Å². The molecule has 0 saturated carbocycles. The molecule has 0 fully saturated rings. The average molecular weight is 351 g/mol. The highest BCUT2D eigenvalue weighted by atomic mass is 16.5. The second-order valence-electron chi connectivity index (χ2n) is 6.15. The summed E-state index contributed by atoms with van der Waals surface area (Å²) in [5.41, 5.74) is 3.22. The third kappa shape index (κ3) is 4.30. The molecule has 2 aromatic carbocycles. The van der Waals surface area contributed by atoms with Crippen molar-refractivity contribution >= 4 is 16.9 Å². The lowest BCUT2D eigenvalue weighted by Crippen LogP contribution is -2.28. The predicted octanol–water partition coefficient (Wildman–Crippen LogP) is 3.36. The van der Waals surface area contributed by atoms with Gasteiger partial charge >= 0.3 is 5.63 Å². The summed E-state index contributed by atoms with van der Waals surface area (Å²) < 4.78 is 10.8. The summed E-state index contributed by atoms with van der Waals surface area (Å²) in [5.74, 6) is 0.272. The molecule has 134 valence electrons. The summed E-state index contributed by atoms with van der Waals surface area (Å²) in [7, 11) is 0. The monoisotopic (exact) mass is 351 g/mol. The van der Waals surface area contributed by atoms with Crippen molar-refractivity contribution in [1.29, 1.82) is 0 Å². The van der Waals surface area contributed by atoms with Gasteiger partial charge in [-0.1, -0.05) is 36.8 Å². The molecule has 0 saturated heterocycles. The van der Waals surface area contributed by atoms with E-state index in [1.54, 1.807) is 12.1 Å². The molecule has 0 bridgehead atoms. The van der Waals surface area contributed by atoms with Crippen LogP contribution in [-0.2, 0) is 17.8 Å². The van der Waals surface area contributed by atoms with Crippen molar-refractivity contribution < 1.29 is 13.9 Å². The van der Waals surface area contributed by atoms with Crippen LogP contribution in [0.5, 0.6) is 5.75 Å². The molecule has 1 heterocycles. The van der Waals surface area contributed by atoms with Crippen LogP contribution in [0.1, 0.15) is 23.6 Å². The van der Waals surface area contributed by atoms with Gasteiger partial charge in [0.05, 0.1) is 0 Å². The van der Waals surface area contributed by atoms with Gasteiger partial charge in [0.2, 0.25) is 0 Å². The van der Waals surface area contributed by atoms with Crippen LogP contribution in [-0.4, -0.2) is 12.5 Å². The Morgan fingerprint density at radius 1 is 1.12 bits per heavy atom. The fourth-order valence-electron chi connectivity index (χ4n) is 2.70. The summed E-state index contributed by atoms with van der Waals surface area (Å²) in [6.07, 6.45) is 0.740. The van der Waals surface area contributed by atoms with E-state index in [0.717, 1.165) is 22.9 Å². The van der Waals surface area contributed by atoms with Crippen LogP contribution >= 0.6 is 0 Å². The Kier molecular flexibility index (Phi) is 5.37. The SMILES string of the molecule is CCc1cc(=O)oc2cc(OCC(=O)NCc3ccc(C)cc3)ccc12. The zero-order chi connectivity index (χ0) is 18.5. The summed E-state index contributed by atoms with van der Waals surface area (Å²) in [6, 6.07) is 14.7. The largest absolute Gasteiger partial charge is 0.484 e. The smallest absolute Gasteiger partial charge is 0.336 e. The van der Waals surface area contributed by atoms with Gasteiger partial charge in [0.15, 0.2) is 6.61 Å². The number of hydrogen-bond donors (Lipinski definition) is 1. The number of aryl methyl sites for hydroxylation is 2. The first-order valence-electron chi connectivity index (χ1n) is 8.57. The third-order valence-electron chi connectivity index (χ3n) is 4.16. The Morgan fingerprint density at radius 2 is 1.88 bits per heavy atom. The van der Waals surface area contributed by atoms with Crippen molar-refractivity contribution in [2.75, 3.05) is 6.61 Å². The average Bonchev–Trinajstić information content (AvgIpc) is 2.64. The second-order valence-corrected chi connectivity index (χ2v) is 6.15. The first kappa shape index (κ1) is 17.7. The van der Waals surface area contributed by atoms with E-state index < -0.39 is 0 Å². The van der Waals surface area contributed by atoms with E-state index in [4.69, 9.17) is 9.15 Å². The molecular formula is C21H21NO4. The van der Waals surface area contributed by atoms with Crippen molar-refractivity contribution in [1.82, 2.24) is 5.32 Å². The number of nitrogens with one attached hydrogen (secondary N) is 1. The molecule has 0 spiro atoms. The first-order chi connectivity index (χ1) is 12.5. The van der Waals surface area contributed by atoms with Gasteiger partial charge in [0, 0.05) is 24.1 Å². The molecule has 3 aromatic rings. The number of carbonyl (C=O) groups excluding carboxylic acids is 1. The number of carbonyl (C=O) groups is 1. The van der Waals surface area contributed by atoms with Crippen molar-refractivity contribution in [3.05, 3.63) is 75.6 Å². The minimum atomic E-state index is -0.387. The van der Waals surface area contributed by atoms with E-state index >= 15 is 0 Å². The highest BCUT2D eigenvalue weighted by Gasteiger charge is 2.07. The van der Waals surface area contributed by atoms with Gasteiger partial charge in [-0.05, 0) is 36.6 Å². The summed E-state index contributed by atoms with van der Waals surface area (Å²) >= 11 is 0. The fourth-order valence-corrected chi connectivity index (χ4v) is 2.70. The number of fused-ring (bicyclic) bond motifs is 1. The Morgan fingerprint density at radius 3 is 2.62 bits per heavy atom. The summed E-state index contributed by atoms with van der Waals surface area (Å²) in [4.78, 5) is 23.6. The van der Waals surface area contributed by atoms with Gasteiger partial charge in [0.25, 0.3) is 5.91 Å². The number of rotatable bonds is 6. The fraction of sp³-hybridized carbons (Fsp3) is 0.238. The van der Waals surface area contributed by atoms with Crippen LogP contribution < -0.4 is 15.7 Å². The molecule has 3 rings (SSSR count). The third-order valence-corrected chi connectivity index (χ3v) is 4.16. The van der Waals surface area contributed by atoms with Crippen molar-refractivity contribution in [3.8, 4) is 5.75 Å². The number of hydrogen-bond acceptors (Lipinski definition) is 4. The minimum absolute atomic E-state index is 0.102. The summed E-state index contributed by atoms with van der Waals surface area (Å²) in [6.45, 7) is 4.35. The molecule has 1 N–H and O–H groups in total. The van der Waals surface area contributed by atoms with E-state index in [1.165, 1.54) is 11.6 Å². The van der Waals surface area contributed by atoms with Gasteiger partial charge in [-0.25, -0.2) is 4.79 Å². The highest BCUT2D eigenvalue weighted by molar-refractivity contribution is 5.82. The Balaban J connectivity index is 1.61. The molecule has 0 aliphatic heterocycles. The maximum atomic E-state index is 12.0.